The SMILES string of the molecule is CCN(CCC(=O)Nc1ccccc1)c1ccc(C)cc1C. The number of aryl methyl sites for hydroxylation is 2. The molecule has 0 aliphatic heterocycles. The Balaban J connectivity index is 1.94. The Morgan fingerprint density at radius 3 is 2.45 bits per heavy atom. The molecular formula is C19H24N2O. The number of para-hydroxylation sites is 1. The summed E-state index contributed by atoms with van der Waals surface area (Å²) in [6.45, 7) is 7.95. The van der Waals surface area contributed by atoms with Crippen LogP contribution >= 0.6 is 0 Å². The second kappa shape index (κ2) is 7.64. The molecule has 0 saturated carbocycles. The number of benzene rings is 2. The molecule has 0 saturated heterocycles. The van der Waals surface area contributed by atoms with Crippen LogP contribution in [-0.2, 0) is 4.79 Å². The van der Waals surface area contributed by atoms with Gasteiger partial charge in [0.1, 0.15) is 0 Å². The fraction of sp³-hybridized carbons (Fsp3) is 0.316. The Labute approximate surface area is 133 Å². The van der Waals surface area contributed by atoms with Gasteiger partial charge in [-0.25, -0.2) is 0 Å². The topological polar surface area (TPSA) is 32.3 Å². The highest BCUT2D eigenvalue weighted by atomic mass is 16.1. The molecule has 0 unspecified atom stereocenters. The summed E-state index contributed by atoms with van der Waals surface area (Å²) < 4.78 is 0. The number of nitrogens with zero attached hydrogens (tertiary/aromatic N) is 1. The van der Waals surface area contributed by atoms with Gasteiger partial charge in [-0.2, -0.15) is 0 Å². The average molecular weight is 296 g/mol. The summed E-state index contributed by atoms with van der Waals surface area (Å²) in [5.74, 6) is 0.0504. The summed E-state index contributed by atoms with van der Waals surface area (Å²) in [6, 6.07) is 16.0. The highest BCUT2D eigenvalue weighted by Gasteiger charge is 2.10. The van der Waals surface area contributed by atoms with E-state index in [1.54, 1.807) is 0 Å². The summed E-state index contributed by atoms with van der Waals surface area (Å²) in [4.78, 5) is 14.3. The highest BCUT2D eigenvalue weighted by molar-refractivity contribution is 5.91. The Kier molecular flexibility index (Phi) is 5.59. The van der Waals surface area contributed by atoms with Gasteiger partial charge in [0.05, 0.1) is 0 Å². The normalized spacial score (nSPS) is 10.3. The summed E-state index contributed by atoms with van der Waals surface area (Å²) in [5, 5.41) is 2.93. The second-order valence-electron chi connectivity index (χ2n) is 5.53. The first-order chi connectivity index (χ1) is 10.6. The molecule has 3 heteroatoms. The monoisotopic (exact) mass is 296 g/mol. The van der Waals surface area contributed by atoms with E-state index in [0.717, 1.165) is 18.8 Å². The molecule has 0 aliphatic carbocycles. The fourth-order valence-electron chi connectivity index (χ4n) is 2.59. The van der Waals surface area contributed by atoms with Crippen LogP contribution in [0.15, 0.2) is 48.5 Å². The van der Waals surface area contributed by atoms with Crippen LogP contribution in [0.3, 0.4) is 0 Å². The van der Waals surface area contributed by atoms with Crippen LogP contribution in [0.2, 0.25) is 0 Å². The second-order valence-corrected chi connectivity index (χ2v) is 5.53. The van der Waals surface area contributed by atoms with Gasteiger partial charge >= 0.3 is 0 Å². The van der Waals surface area contributed by atoms with E-state index in [0.29, 0.717) is 6.42 Å². The molecule has 1 N–H and O–H groups in total. The van der Waals surface area contributed by atoms with E-state index < -0.39 is 0 Å². The molecule has 0 atom stereocenters. The van der Waals surface area contributed by atoms with E-state index in [2.05, 4.69) is 49.2 Å². The van der Waals surface area contributed by atoms with Gasteiger partial charge in [-0.05, 0) is 44.5 Å². The van der Waals surface area contributed by atoms with Crippen LogP contribution in [0.4, 0.5) is 11.4 Å². The molecule has 2 aromatic rings. The van der Waals surface area contributed by atoms with Gasteiger partial charge in [0.25, 0.3) is 0 Å². The zero-order chi connectivity index (χ0) is 15.9. The molecule has 0 radical (unpaired) electrons. The van der Waals surface area contributed by atoms with Crippen LogP contribution in [0.5, 0.6) is 0 Å². The van der Waals surface area contributed by atoms with Crippen LogP contribution in [-0.4, -0.2) is 19.0 Å². The van der Waals surface area contributed by atoms with Gasteiger partial charge in [-0.1, -0.05) is 35.9 Å². The molecule has 1 amide bonds. The molecule has 0 bridgehead atoms. The van der Waals surface area contributed by atoms with Crippen molar-refractivity contribution in [2.24, 2.45) is 0 Å². The zero-order valence-electron chi connectivity index (χ0n) is 13.6. The van der Waals surface area contributed by atoms with Crippen molar-refractivity contribution in [3.05, 3.63) is 59.7 Å². The number of carbonyl (C=O) groups excluding carboxylic acids is 1. The smallest absolute Gasteiger partial charge is 0.226 e. The fourth-order valence-corrected chi connectivity index (χ4v) is 2.59. The van der Waals surface area contributed by atoms with E-state index >= 15 is 0 Å². The average Bonchev–Trinajstić information content (AvgIpc) is 2.50. The molecule has 0 aliphatic rings. The lowest BCUT2D eigenvalue weighted by atomic mass is 10.1. The number of nitrogens with one attached hydrogen (secondary N) is 1. The number of rotatable bonds is 6. The maximum absolute atomic E-state index is 12.1. The van der Waals surface area contributed by atoms with Crippen LogP contribution in [0.1, 0.15) is 24.5 Å². The molecule has 0 spiro atoms. The van der Waals surface area contributed by atoms with Crippen LogP contribution in [0, 0.1) is 13.8 Å². The van der Waals surface area contributed by atoms with Crippen molar-refractivity contribution in [3.8, 4) is 0 Å². The van der Waals surface area contributed by atoms with Gasteiger partial charge in [-0.3, -0.25) is 4.79 Å². The number of hydrogen-bond donors (Lipinski definition) is 1. The van der Waals surface area contributed by atoms with Gasteiger partial charge < -0.3 is 10.2 Å². The number of anilines is 2. The van der Waals surface area contributed by atoms with Crippen molar-refractivity contribution >= 4 is 17.3 Å². The van der Waals surface area contributed by atoms with Crippen LogP contribution < -0.4 is 10.2 Å². The molecule has 0 fully saturated rings. The van der Waals surface area contributed by atoms with E-state index in [-0.39, 0.29) is 5.91 Å². The molecule has 2 aromatic carbocycles. The molecule has 0 heterocycles. The van der Waals surface area contributed by atoms with Crippen molar-refractivity contribution in [1.29, 1.82) is 0 Å². The third kappa shape index (κ3) is 4.35. The molecule has 22 heavy (non-hydrogen) atoms. The van der Waals surface area contributed by atoms with E-state index in [1.165, 1.54) is 16.8 Å². The minimum atomic E-state index is 0.0504. The third-order valence-electron chi connectivity index (χ3n) is 3.74. The van der Waals surface area contributed by atoms with Crippen molar-refractivity contribution in [2.45, 2.75) is 27.2 Å². The van der Waals surface area contributed by atoms with E-state index in [9.17, 15) is 4.79 Å². The number of amides is 1. The Morgan fingerprint density at radius 1 is 1.09 bits per heavy atom. The van der Waals surface area contributed by atoms with Crippen molar-refractivity contribution < 1.29 is 4.79 Å². The standard InChI is InChI=1S/C19H24N2O/c1-4-21(18-11-10-15(2)14-16(18)3)13-12-19(22)20-17-8-6-5-7-9-17/h5-11,14H,4,12-13H2,1-3H3,(H,20,22). The van der Waals surface area contributed by atoms with Crippen molar-refractivity contribution in [3.63, 3.8) is 0 Å². The maximum atomic E-state index is 12.1. The third-order valence-corrected chi connectivity index (χ3v) is 3.74. The Hall–Kier alpha value is -2.29. The summed E-state index contributed by atoms with van der Waals surface area (Å²) in [7, 11) is 0. The predicted molar refractivity (Wildman–Crippen MR) is 93.5 cm³/mol. The maximum Gasteiger partial charge on any atom is 0.226 e. The number of hydrogen-bond acceptors (Lipinski definition) is 2. The predicted octanol–water partition coefficient (Wildman–Crippen LogP) is 4.16. The minimum absolute atomic E-state index is 0.0504. The van der Waals surface area contributed by atoms with Gasteiger partial charge in [0.2, 0.25) is 5.91 Å². The Morgan fingerprint density at radius 2 is 1.82 bits per heavy atom. The van der Waals surface area contributed by atoms with Crippen molar-refractivity contribution in [1.82, 2.24) is 0 Å². The summed E-state index contributed by atoms with van der Waals surface area (Å²) in [5.41, 5.74) is 4.58. The van der Waals surface area contributed by atoms with E-state index in [4.69, 9.17) is 0 Å². The lowest BCUT2D eigenvalue weighted by Crippen LogP contribution is -2.28. The first-order valence-corrected chi connectivity index (χ1v) is 7.77. The number of carbonyl (C=O) groups is 1. The lowest BCUT2D eigenvalue weighted by molar-refractivity contribution is -0.116. The molecule has 3 nitrogen and oxygen atoms in total. The van der Waals surface area contributed by atoms with E-state index in [1.807, 2.05) is 30.3 Å². The van der Waals surface area contributed by atoms with Gasteiger partial charge in [-0.15, -0.1) is 0 Å². The van der Waals surface area contributed by atoms with Crippen LogP contribution in [0.25, 0.3) is 0 Å². The highest BCUT2D eigenvalue weighted by Crippen LogP contribution is 2.21. The zero-order valence-corrected chi connectivity index (χ0v) is 13.6. The molecule has 2 rings (SSSR count). The van der Waals surface area contributed by atoms with Gasteiger partial charge in [0, 0.05) is 30.9 Å². The largest absolute Gasteiger partial charge is 0.371 e. The quantitative estimate of drug-likeness (QED) is 0.868. The molecular weight excluding hydrogens is 272 g/mol. The molecule has 0 aromatic heterocycles. The first kappa shape index (κ1) is 16.1. The van der Waals surface area contributed by atoms with Crippen molar-refractivity contribution in [2.75, 3.05) is 23.3 Å². The lowest BCUT2D eigenvalue weighted by Gasteiger charge is -2.25. The Bertz CT molecular complexity index is 623. The first-order valence-electron chi connectivity index (χ1n) is 7.77. The minimum Gasteiger partial charge on any atom is -0.371 e. The summed E-state index contributed by atoms with van der Waals surface area (Å²) >= 11 is 0. The van der Waals surface area contributed by atoms with Gasteiger partial charge in [0.15, 0.2) is 0 Å². The molecule has 116 valence electrons. The summed E-state index contributed by atoms with van der Waals surface area (Å²) in [6.07, 6.45) is 0.482.